The molecule has 0 saturated heterocycles. The van der Waals surface area contributed by atoms with E-state index < -0.39 is 0 Å². The maximum absolute atomic E-state index is 5.91. The first-order chi connectivity index (χ1) is 9.16. The Labute approximate surface area is 114 Å². The van der Waals surface area contributed by atoms with Gasteiger partial charge in [-0.05, 0) is 25.3 Å². The molecule has 0 aliphatic rings. The van der Waals surface area contributed by atoms with E-state index in [0.717, 1.165) is 24.0 Å². The zero-order valence-corrected chi connectivity index (χ0v) is 11.8. The molecular formula is C15H21N3O. The van der Waals surface area contributed by atoms with Gasteiger partial charge in [-0.25, -0.2) is 0 Å². The lowest BCUT2D eigenvalue weighted by Crippen LogP contribution is -2.34. The molecule has 2 rings (SSSR count). The molecule has 0 spiro atoms. The molecule has 1 aromatic carbocycles. The van der Waals surface area contributed by atoms with Crippen LogP contribution in [-0.2, 0) is 5.41 Å². The number of benzene rings is 1. The van der Waals surface area contributed by atoms with Crippen LogP contribution in [0.3, 0.4) is 0 Å². The first kappa shape index (κ1) is 13.7. The summed E-state index contributed by atoms with van der Waals surface area (Å²) in [6.07, 6.45) is 1.80. The van der Waals surface area contributed by atoms with Crippen LogP contribution in [0.15, 0.2) is 28.8 Å². The molecule has 0 aliphatic carbocycles. The molecule has 4 heteroatoms. The van der Waals surface area contributed by atoms with Gasteiger partial charge in [0.05, 0.1) is 5.41 Å². The molecule has 0 bridgehead atoms. The Hall–Kier alpha value is -1.68. The van der Waals surface area contributed by atoms with Crippen molar-refractivity contribution in [1.29, 1.82) is 0 Å². The fraction of sp³-hybridized carbons (Fsp3) is 0.467. The van der Waals surface area contributed by atoms with E-state index in [-0.39, 0.29) is 5.41 Å². The van der Waals surface area contributed by atoms with E-state index in [0.29, 0.717) is 18.3 Å². The van der Waals surface area contributed by atoms with Gasteiger partial charge in [-0.15, -0.1) is 0 Å². The van der Waals surface area contributed by atoms with Crippen LogP contribution in [0.4, 0.5) is 0 Å². The van der Waals surface area contributed by atoms with E-state index in [1.807, 2.05) is 31.2 Å². The average Bonchev–Trinajstić information content (AvgIpc) is 2.92. The fourth-order valence-corrected chi connectivity index (χ4v) is 2.30. The zero-order valence-electron chi connectivity index (χ0n) is 11.8. The number of hydrogen-bond donors (Lipinski definition) is 1. The van der Waals surface area contributed by atoms with Crippen molar-refractivity contribution in [2.45, 2.75) is 39.0 Å². The average molecular weight is 259 g/mol. The number of nitrogens with two attached hydrogens (primary N) is 1. The fourth-order valence-electron chi connectivity index (χ4n) is 2.30. The largest absolute Gasteiger partial charge is 0.338 e. The maximum Gasteiger partial charge on any atom is 0.234 e. The Morgan fingerprint density at radius 3 is 2.47 bits per heavy atom. The molecule has 1 aromatic heterocycles. The summed E-state index contributed by atoms with van der Waals surface area (Å²) in [5, 5.41) is 4.12. The standard InChI is InChI=1S/C15H21N3O/c1-4-15(5-2,10-16)14-17-13(18-19-14)12-9-7-6-8-11(12)3/h6-9H,4-5,10,16H2,1-3H3. The van der Waals surface area contributed by atoms with E-state index in [1.165, 1.54) is 0 Å². The van der Waals surface area contributed by atoms with Gasteiger partial charge in [0, 0.05) is 12.1 Å². The lowest BCUT2D eigenvalue weighted by Gasteiger charge is -2.24. The zero-order chi connectivity index (χ0) is 13.9. The summed E-state index contributed by atoms with van der Waals surface area (Å²) < 4.78 is 5.47. The molecule has 2 aromatic rings. The van der Waals surface area contributed by atoms with Crippen LogP contribution in [-0.4, -0.2) is 16.7 Å². The molecule has 4 nitrogen and oxygen atoms in total. The van der Waals surface area contributed by atoms with E-state index in [9.17, 15) is 0 Å². The van der Waals surface area contributed by atoms with Crippen molar-refractivity contribution in [1.82, 2.24) is 10.1 Å². The maximum atomic E-state index is 5.91. The van der Waals surface area contributed by atoms with Gasteiger partial charge in [-0.3, -0.25) is 0 Å². The Morgan fingerprint density at radius 2 is 1.89 bits per heavy atom. The molecule has 0 saturated carbocycles. The van der Waals surface area contributed by atoms with Crippen LogP contribution in [0.25, 0.3) is 11.4 Å². The highest BCUT2D eigenvalue weighted by molar-refractivity contribution is 5.59. The highest BCUT2D eigenvalue weighted by atomic mass is 16.5. The van der Waals surface area contributed by atoms with Crippen LogP contribution < -0.4 is 5.73 Å². The predicted octanol–water partition coefficient (Wildman–Crippen LogP) is 3.06. The van der Waals surface area contributed by atoms with E-state index >= 15 is 0 Å². The Bertz CT molecular complexity index is 536. The normalized spacial score (nSPS) is 11.8. The van der Waals surface area contributed by atoms with Crippen LogP contribution in [0.1, 0.15) is 38.1 Å². The number of hydrogen-bond acceptors (Lipinski definition) is 4. The van der Waals surface area contributed by atoms with Gasteiger partial charge in [0.25, 0.3) is 0 Å². The van der Waals surface area contributed by atoms with Gasteiger partial charge >= 0.3 is 0 Å². The van der Waals surface area contributed by atoms with Crippen molar-refractivity contribution in [2.75, 3.05) is 6.54 Å². The number of aryl methyl sites for hydroxylation is 1. The second-order valence-corrected chi connectivity index (χ2v) is 4.93. The van der Waals surface area contributed by atoms with Gasteiger partial charge < -0.3 is 10.3 Å². The van der Waals surface area contributed by atoms with E-state index in [4.69, 9.17) is 10.3 Å². The highest BCUT2D eigenvalue weighted by Gasteiger charge is 2.33. The van der Waals surface area contributed by atoms with Gasteiger partial charge in [-0.2, -0.15) is 4.98 Å². The second-order valence-electron chi connectivity index (χ2n) is 4.93. The summed E-state index contributed by atoms with van der Waals surface area (Å²) >= 11 is 0. The van der Waals surface area contributed by atoms with Crippen molar-refractivity contribution in [3.63, 3.8) is 0 Å². The molecule has 0 atom stereocenters. The number of aromatic nitrogens is 2. The van der Waals surface area contributed by atoms with Gasteiger partial charge in [-0.1, -0.05) is 43.3 Å². The number of rotatable bonds is 5. The lowest BCUT2D eigenvalue weighted by molar-refractivity contribution is 0.267. The van der Waals surface area contributed by atoms with Gasteiger partial charge in [0.2, 0.25) is 11.7 Å². The molecule has 0 aliphatic heterocycles. The molecule has 0 unspecified atom stereocenters. The van der Waals surface area contributed by atoms with Gasteiger partial charge in [0.1, 0.15) is 0 Å². The molecular weight excluding hydrogens is 238 g/mol. The van der Waals surface area contributed by atoms with E-state index in [2.05, 4.69) is 24.0 Å². The number of nitrogens with zero attached hydrogens (tertiary/aromatic N) is 2. The SMILES string of the molecule is CCC(CC)(CN)c1nc(-c2ccccc2C)no1. The molecule has 0 fully saturated rings. The highest BCUT2D eigenvalue weighted by Crippen LogP contribution is 2.31. The van der Waals surface area contributed by atoms with Crippen LogP contribution in [0.2, 0.25) is 0 Å². The molecule has 19 heavy (non-hydrogen) atoms. The molecule has 102 valence electrons. The first-order valence-electron chi connectivity index (χ1n) is 6.77. The summed E-state index contributed by atoms with van der Waals surface area (Å²) in [5.74, 6) is 1.30. The Kier molecular flexibility index (Phi) is 4.00. The quantitative estimate of drug-likeness (QED) is 0.896. The van der Waals surface area contributed by atoms with E-state index in [1.54, 1.807) is 0 Å². The molecule has 2 N–H and O–H groups in total. The summed E-state index contributed by atoms with van der Waals surface area (Å²) in [6.45, 7) is 6.78. The third-order valence-corrected chi connectivity index (χ3v) is 4.01. The smallest absolute Gasteiger partial charge is 0.234 e. The van der Waals surface area contributed by atoms with Gasteiger partial charge in [0.15, 0.2) is 0 Å². The minimum atomic E-state index is -0.200. The third-order valence-electron chi connectivity index (χ3n) is 4.01. The Morgan fingerprint density at radius 1 is 1.21 bits per heavy atom. The minimum absolute atomic E-state index is 0.200. The Balaban J connectivity index is 2.42. The van der Waals surface area contributed by atoms with Crippen molar-refractivity contribution < 1.29 is 4.52 Å². The predicted molar refractivity (Wildman–Crippen MR) is 75.8 cm³/mol. The molecule has 1 heterocycles. The monoisotopic (exact) mass is 259 g/mol. The summed E-state index contributed by atoms with van der Waals surface area (Å²) in [7, 11) is 0. The first-order valence-corrected chi connectivity index (χ1v) is 6.77. The van der Waals surface area contributed by atoms with Crippen molar-refractivity contribution in [3.8, 4) is 11.4 Å². The van der Waals surface area contributed by atoms with Crippen LogP contribution in [0, 0.1) is 6.92 Å². The van der Waals surface area contributed by atoms with Crippen LogP contribution >= 0.6 is 0 Å². The summed E-state index contributed by atoms with van der Waals surface area (Å²) in [6, 6.07) is 8.03. The topological polar surface area (TPSA) is 64.9 Å². The minimum Gasteiger partial charge on any atom is -0.338 e. The van der Waals surface area contributed by atoms with Crippen molar-refractivity contribution >= 4 is 0 Å². The second kappa shape index (κ2) is 5.53. The lowest BCUT2D eigenvalue weighted by atomic mass is 9.82. The van der Waals surface area contributed by atoms with Crippen LogP contribution in [0.5, 0.6) is 0 Å². The van der Waals surface area contributed by atoms with Crippen molar-refractivity contribution in [2.24, 2.45) is 5.73 Å². The molecule has 0 radical (unpaired) electrons. The van der Waals surface area contributed by atoms with Crippen molar-refractivity contribution in [3.05, 3.63) is 35.7 Å². The summed E-state index contributed by atoms with van der Waals surface area (Å²) in [4.78, 5) is 4.57. The molecule has 0 amide bonds. The summed E-state index contributed by atoms with van der Waals surface area (Å²) in [5.41, 5.74) is 7.86. The third kappa shape index (κ3) is 2.40.